The molecule has 0 amide bonds. The van der Waals surface area contributed by atoms with E-state index >= 15 is 0 Å². The van der Waals surface area contributed by atoms with Crippen LogP contribution in [0, 0.1) is 6.92 Å². The van der Waals surface area contributed by atoms with Gasteiger partial charge in [0.25, 0.3) is 25.4 Å². The van der Waals surface area contributed by atoms with Crippen molar-refractivity contribution in [2.45, 2.75) is 135 Å². The third-order valence-corrected chi connectivity index (χ3v) is 24.7. The largest absolute Gasteiger partial charge is 0.498 e. The van der Waals surface area contributed by atoms with Crippen molar-refractivity contribution in [2.75, 3.05) is 7.11 Å². The van der Waals surface area contributed by atoms with E-state index in [1.165, 1.54) is 80.9 Å². The van der Waals surface area contributed by atoms with Gasteiger partial charge in [-0.15, -0.1) is 0 Å². The number of halogens is 3. The first-order valence-corrected chi connectivity index (χ1v) is 38.3. The monoisotopic (exact) mass is 1680 g/mol. The fourth-order valence-electron chi connectivity index (χ4n) is 14.8. The summed E-state index contributed by atoms with van der Waals surface area (Å²) in [4.78, 5) is 29.6. The standard InChI is InChI=1S/C26H35OP.C24H22B2O4.C24H14BClO2.C6H4Cl2.2C2H4O2.CH2O3.2K.Pd/c1-20-12-11-18-24(27-2)26(20)23-17-9-10-19-25(23)28(21-13-5-3-6-14-21)22-15-7-4-8-16-22;1-23(2)24(3,4)30-26(29-23)17-11-7-10-16-22(17)28-20-14-8-13-19-21(20)25(16)15-9-5-6-12-18(15)27-19;26-19-11-3-1-7-15(19)16-8-5-10-18-24(16)28-22-14-6-13-21-23(22)25(18)17-9-2-4-12-20(17)27-21;7-5-3-1-2-4-6(5)8;2*1-2(3)4;2-1-4-3;;;/h9-12,17-19,21-22H,3-8,13-16H2,1-2H3;5-14H,1-4H3;1-14H;1-4H;2*1H3,(H,3,4);1,3H;;;. The molecule has 0 bridgehead atoms. The normalized spacial score (nSPS) is 14.9. The molecule has 24 heteroatoms. The molecule has 109 heavy (non-hydrogen) atoms. The second-order valence-electron chi connectivity index (χ2n) is 27.6. The molecule has 2 aliphatic carbocycles. The van der Waals surface area contributed by atoms with Crippen molar-refractivity contribution >= 4 is 228 Å². The molecule has 556 valence electrons. The fourth-order valence-corrected chi connectivity index (χ4v) is 19.2. The van der Waals surface area contributed by atoms with Gasteiger partial charge in [0.1, 0.15) is 51.7 Å². The number of carbonyl (C=O) groups excluding carboxylic acids is 1. The molecule has 0 spiro atoms. The molecule has 2 radical (unpaired) electrons. The molecule has 0 aromatic heterocycles. The van der Waals surface area contributed by atoms with Crippen molar-refractivity contribution in [1.82, 2.24) is 0 Å². The Labute approximate surface area is 755 Å². The number of carboxylic acids is 2. The van der Waals surface area contributed by atoms with Crippen molar-refractivity contribution < 1.29 is 88.2 Å². The van der Waals surface area contributed by atoms with Gasteiger partial charge < -0.3 is 48.1 Å². The summed E-state index contributed by atoms with van der Waals surface area (Å²) < 4.78 is 43.8. The van der Waals surface area contributed by atoms with Gasteiger partial charge in [0.2, 0.25) is 0 Å². The van der Waals surface area contributed by atoms with E-state index in [4.69, 9.17) is 97.6 Å². The van der Waals surface area contributed by atoms with Crippen molar-refractivity contribution in [1.29, 1.82) is 0 Å². The molecule has 3 fully saturated rings. The Morgan fingerprint density at radius 2 is 0.826 bits per heavy atom. The van der Waals surface area contributed by atoms with Crippen LogP contribution in [0.5, 0.6) is 51.7 Å². The second kappa shape index (κ2) is 41.8. The summed E-state index contributed by atoms with van der Waals surface area (Å²) in [5, 5.41) is 25.4. The van der Waals surface area contributed by atoms with Gasteiger partial charge in [0.15, 0.2) is 0 Å². The number of hydrogen-bond acceptors (Lipinski definition) is 12. The number of hydrogen-bond donors (Lipinski definition) is 3. The first-order valence-electron chi connectivity index (χ1n) is 35.7. The maximum Gasteiger partial charge on any atom is 0.498 e. The number of aryl methyl sites for hydroxylation is 1. The van der Waals surface area contributed by atoms with Crippen LogP contribution in [0.15, 0.2) is 212 Å². The molecule has 1 saturated heterocycles. The third kappa shape index (κ3) is 21.3. The van der Waals surface area contributed by atoms with Crippen molar-refractivity contribution in [3.05, 3.63) is 233 Å². The summed E-state index contributed by atoms with van der Waals surface area (Å²) in [7, 11) is 1.21. The molecular formula is C85H85B3Cl3K2O14PPd. The van der Waals surface area contributed by atoms with Crippen LogP contribution >= 0.6 is 42.7 Å². The fraction of sp³-hybridized carbons (Fsp3) is 0.259. The van der Waals surface area contributed by atoms with E-state index in [-0.39, 0.29) is 151 Å². The average Bonchev–Trinajstić information content (AvgIpc) is 1.42. The van der Waals surface area contributed by atoms with Crippen molar-refractivity contribution in [3.63, 3.8) is 0 Å². The molecule has 0 unspecified atom stereocenters. The first-order chi connectivity index (χ1) is 51.1. The Balaban J connectivity index is 0.000000180. The smallest absolute Gasteiger partial charge is 0.496 e. The maximum atomic E-state index is 9.00. The van der Waals surface area contributed by atoms with Crippen LogP contribution in [0.1, 0.15) is 111 Å². The first kappa shape index (κ1) is 89.5. The SMILES string of the molecule is CC(=O)O.CC(=O)O.CC1(C)OB(c2cccc3c2Oc2cccc4c2B3c2ccccc2O4)OC1(C)C.COc1cccc(C)c1-c1ccccc1P(C1CCCCC1)C1CCCCC1.Clc1ccccc1-c1cccc2c1Oc1cccc3c1B2c1ccccc1O3.Clc1ccccc1Cl.O=COO.[K].[K].[Pd]. The van der Waals surface area contributed by atoms with Crippen LogP contribution in [0.2, 0.25) is 15.1 Å². The Morgan fingerprint density at radius 1 is 0.468 bits per heavy atom. The van der Waals surface area contributed by atoms with E-state index < -0.39 is 30.3 Å². The number of aliphatic carboxylic acids is 2. The summed E-state index contributed by atoms with van der Waals surface area (Å²) in [5.41, 5.74) is 14.7. The summed E-state index contributed by atoms with van der Waals surface area (Å²) >= 11 is 17.7. The molecule has 10 aromatic rings. The molecule has 17 rings (SSSR count). The Bertz CT molecular complexity index is 4700. The van der Waals surface area contributed by atoms with E-state index in [1.807, 2.05) is 110 Å². The summed E-state index contributed by atoms with van der Waals surface area (Å²) in [5.74, 6) is 6.19. The molecule has 0 atom stereocenters. The van der Waals surface area contributed by atoms with E-state index in [0.717, 1.165) is 126 Å². The van der Waals surface area contributed by atoms with Gasteiger partial charge in [-0.05, 0) is 171 Å². The van der Waals surface area contributed by atoms with Gasteiger partial charge in [-0.3, -0.25) is 14.4 Å². The molecule has 10 aromatic carbocycles. The number of carbonyl (C=O) groups is 3. The number of rotatable bonds is 8. The molecule has 7 aliphatic rings. The minimum Gasteiger partial charge on any atom is -0.496 e. The predicted octanol–water partition coefficient (Wildman–Crippen LogP) is 16.9. The zero-order valence-electron chi connectivity index (χ0n) is 63.0. The van der Waals surface area contributed by atoms with Gasteiger partial charge in [-0.2, -0.15) is 0 Å². The second-order valence-corrected chi connectivity index (χ2v) is 31.5. The van der Waals surface area contributed by atoms with Gasteiger partial charge in [0.05, 0.1) is 28.4 Å². The third-order valence-electron chi connectivity index (χ3n) is 20.1. The average molecular weight is 1680 g/mol. The summed E-state index contributed by atoms with van der Waals surface area (Å²) in [6.45, 7) is 12.7. The number of ether oxygens (including phenoxy) is 5. The van der Waals surface area contributed by atoms with Crippen molar-refractivity contribution in [2.24, 2.45) is 0 Å². The Morgan fingerprint density at radius 3 is 1.29 bits per heavy atom. The number of para-hydroxylation sites is 4. The minimum absolute atomic E-state index is 0. The number of fused-ring (bicyclic) bond motifs is 8. The topological polar surface area (TPSA) is 186 Å². The van der Waals surface area contributed by atoms with Gasteiger partial charge >= 0.3 is 13.6 Å². The molecule has 2 saturated carbocycles. The van der Waals surface area contributed by atoms with E-state index in [2.05, 4.69) is 137 Å². The molecule has 5 aliphatic heterocycles. The van der Waals surface area contributed by atoms with E-state index in [1.54, 1.807) is 17.4 Å². The van der Waals surface area contributed by atoms with Crippen LogP contribution in [0.25, 0.3) is 22.3 Å². The van der Waals surface area contributed by atoms with Crippen LogP contribution in [-0.2, 0) is 49.0 Å². The van der Waals surface area contributed by atoms with Gasteiger partial charge in [-0.1, -0.05) is 233 Å². The summed E-state index contributed by atoms with van der Waals surface area (Å²) in [6.07, 6.45) is 14.4. The van der Waals surface area contributed by atoms with Crippen molar-refractivity contribution in [3.8, 4) is 74.0 Å². The van der Waals surface area contributed by atoms with Crippen LogP contribution in [0.3, 0.4) is 0 Å². The summed E-state index contributed by atoms with van der Waals surface area (Å²) in [6, 6.07) is 71.9. The predicted molar refractivity (Wildman–Crippen MR) is 442 cm³/mol. The zero-order valence-corrected chi connectivity index (χ0v) is 73.9. The molecular weight excluding hydrogens is 1600 g/mol. The van der Waals surface area contributed by atoms with Gasteiger partial charge in [0, 0.05) is 175 Å². The zero-order chi connectivity index (χ0) is 75.2. The Kier molecular flexibility index (Phi) is 34.3. The molecule has 14 nitrogen and oxygen atoms in total. The van der Waals surface area contributed by atoms with Gasteiger partial charge in [-0.25, -0.2) is 5.26 Å². The minimum atomic E-state index is -0.833. The number of methoxy groups -OCH3 is 1. The van der Waals surface area contributed by atoms with Crippen LogP contribution < -0.4 is 67.2 Å². The van der Waals surface area contributed by atoms with E-state index in [0.29, 0.717) is 15.1 Å². The molecule has 5 heterocycles. The maximum absolute atomic E-state index is 9.00. The quantitative estimate of drug-likeness (QED) is 0.0429. The van der Waals surface area contributed by atoms with Crippen LogP contribution in [0.4, 0.5) is 0 Å². The Hall–Kier alpha value is -5.08. The molecule has 3 N–H and O–H groups in total. The number of benzene rings is 10. The van der Waals surface area contributed by atoms with E-state index in [9.17, 15) is 0 Å². The number of carboxylic acid groups (broad SMARTS) is 2. The van der Waals surface area contributed by atoms with Crippen LogP contribution in [-0.4, -0.2) is 187 Å².